The van der Waals surface area contributed by atoms with Gasteiger partial charge < -0.3 is 19.6 Å². The maximum Gasteiger partial charge on any atom is 0.138 e. The second kappa shape index (κ2) is 17.8. The molecular formula is C47H61ClN12. The number of anilines is 2. The Labute approximate surface area is 360 Å². The number of piperazine rings is 2. The van der Waals surface area contributed by atoms with Crippen molar-refractivity contribution in [2.45, 2.75) is 71.6 Å². The van der Waals surface area contributed by atoms with Crippen LogP contribution in [0.15, 0.2) is 73.1 Å². The van der Waals surface area contributed by atoms with Crippen LogP contribution >= 0.6 is 11.6 Å². The lowest BCUT2D eigenvalue weighted by atomic mass is 10.1. The Morgan fingerprint density at radius 2 is 1.02 bits per heavy atom. The number of halogens is 1. The van der Waals surface area contributed by atoms with E-state index in [0.29, 0.717) is 6.04 Å². The Balaban J connectivity index is 0.000000154. The summed E-state index contributed by atoms with van der Waals surface area (Å²) in [6.07, 6.45) is 8.43. The van der Waals surface area contributed by atoms with Gasteiger partial charge in [0.05, 0.1) is 39.9 Å². The minimum Gasteiger partial charge on any atom is -0.355 e. The highest BCUT2D eigenvalue weighted by molar-refractivity contribution is 6.31. The van der Waals surface area contributed by atoms with Crippen molar-refractivity contribution in [2.75, 3.05) is 89.3 Å². The SMILES string of the molecule is Cc1c(CN2CCCC2c2ncccc2Cl)nc2cccc(N3CCN(C)CC3)n12.Cc1cccnc1C1CCCN1Cc1nc2cccc(N3CCN(C)CC3)n2c1C. The largest absolute Gasteiger partial charge is 0.355 e. The van der Waals surface area contributed by atoms with E-state index in [1.54, 1.807) is 0 Å². The second-order valence-corrected chi connectivity index (χ2v) is 17.8. The Hall–Kier alpha value is -4.59. The zero-order chi connectivity index (χ0) is 41.3. The summed E-state index contributed by atoms with van der Waals surface area (Å²) in [6.45, 7) is 19.1. The van der Waals surface area contributed by atoms with Gasteiger partial charge in [-0.2, -0.15) is 0 Å². The summed E-state index contributed by atoms with van der Waals surface area (Å²) >= 11 is 6.47. The van der Waals surface area contributed by atoms with E-state index in [1.165, 1.54) is 52.8 Å². The molecule has 0 saturated carbocycles. The van der Waals surface area contributed by atoms with E-state index in [-0.39, 0.29) is 6.04 Å². The normalized spacial score (nSPS) is 21.0. The molecule has 0 N–H and O–H groups in total. The maximum absolute atomic E-state index is 6.47. The number of likely N-dealkylation sites (N-methyl/N-ethyl adjacent to an activating group) is 2. The van der Waals surface area contributed by atoms with E-state index in [9.17, 15) is 0 Å². The molecule has 0 bridgehead atoms. The number of pyridine rings is 4. The third-order valence-corrected chi connectivity index (χ3v) is 13.8. The minimum atomic E-state index is 0.264. The highest BCUT2D eigenvalue weighted by Gasteiger charge is 2.32. The summed E-state index contributed by atoms with van der Waals surface area (Å²) in [7, 11) is 4.40. The zero-order valence-electron chi connectivity index (χ0n) is 36.1. The van der Waals surface area contributed by atoms with Crippen molar-refractivity contribution in [2.24, 2.45) is 0 Å². The van der Waals surface area contributed by atoms with Gasteiger partial charge in [-0.05, 0) is 122 Å². The summed E-state index contributed by atoms with van der Waals surface area (Å²) in [4.78, 5) is 34.2. The van der Waals surface area contributed by atoms with Crippen molar-refractivity contribution in [1.29, 1.82) is 0 Å². The van der Waals surface area contributed by atoms with Gasteiger partial charge in [0.25, 0.3) is 0 Å². The molecule has 0 spiro atoms. The molecule has 6 aromatic rings. The summed E-state index contributed by atoms with van der Waals surface area (Å²) < 4.78 is 4.69. The molecule has 2 unspecified atom stereocenters. The fraction of sp³-hybridized carbons (Fsp3) is 0.489. The van der Waals surface area contributed by atoms with Crippen LogP contribution in [0.25, 0.3) is 11.3 Å². The van der Waals surface area contributed by atoms with Crippen LogP contribution in [0.3, 0.4) is 0 Å². The van der Waals surface area contributed by atoms with Crippen LogP contribution in [0.5, 0.6) is 0 Å². The molecule has 0 amide bonds. The first-order valence-electron chi connectivity index (χ1n) is 22.0. The van der Waals surface area contributed by atoms with Gasteiger partial charge in [-0.15, -0.1) is 0 Å². The van der Waals surface area contributed by atoms with Crippen LogP contribution < -0.4 is 9.80 Å². The van der Waals surface area contributed by atoms with Gasteiger partial charge in [0.15, 0.2) is 0 Å². The molecule has 0 radical (unpaired) electrons. The van der Waals surface area contributed by atoms with Crippen LogP contribution in [0.2, 0.25) is 5.02 Å². The number of hydrogen-bond acceptors (Lipinski definition) is 10. The van der Waals surface area contributed by atoms with E-state index in [0.717, 1.165) is 119 Å². The fourth-order valence-corrected chi connectivity index (χ4v) is 10.2. The molecule has 316 valence electrons. The molecule has 4 fully saturated rings. The standard InChI is InChI=1S/C24H32N6.C23H29ClN6/c1-18-7-5-11-25-24(18)21-8-6-12-29(21)17-20-19(2)30-22(26-20)9-4-10-23(30)28-15-13-27(3)14-16-28;1-17-19(16-29-11-5-7-20(29)23-18(24)6-4-10-25-23)26-21-8-3-9-22(30(17)21)28-14-12-27(2)13-15-28/h4-5,7,9-11,21H,6,8,12-17H2,1-3H3;3-4,6,8-10,20H,5,7,11-16H2,1-2H3. The highest BCUT2D eigenvalue weighted by atomic mass is 35.5. The summed E-state index contributed by atoms with van der Waals surface area (Å²) in [6, 6.07) is 21.7. The summed E-state index contributed by atoms with van der Waals surface area (Å²) in [5.41, 5.74) is 10.5. The van der Waals surface area contributed by atoms with Crippen molar-refractivity contribution in [3.05, 3.63) is 118 Å². The molecule has 4 aliphatic rings. The van der Waals surface area contributed by atoms with Crippen molar-refractivity contribution in [3.63, 3.8) is 0 Å². The van der Waals surface area contributed by atoms with Crippen molar-refractivity contribution < 1.29 is 0 Å². The average Bonchev–Trinajstić information content (AvgIpc) is 4.06. The first kappa shape index (κ1) is 40.8. The Bertz CT molecular complexity index is 2240. The molecule has 60 heavy (non-hydrogen) atoms. The number of fused-ring (bicyclic) bond motifs is 2. The van der Waals surface area contributed by atoms with Gasteiger partial charge >= 0.3 is 0 Å². The number of likely N-dealkylation sites (tertiary alicyclic amines) is 2. The fourth-order valence-electron chi connectivity index (χ4n) is 9.92. The second-order valence-electron chi connectivity index (χ2n) is 17.4. The number of aromatic nitrogens is 6. The molecule has 2 atom stereocenters. The number of nitrogens with zero attached hydrogens (tertiary/aromatic N) is 12. The molecule has 4 saturated heterocycles. The Kier molecular flexibility index (Phi) is 12.1. The van der Waals surface area contributed by atoms with E-state index in [4.69, 9.17) is 26.6 Å². The summed E-state index contributed by atoms with van der Waals surface area (Å²) in [5, 5.41) is 0.762. The predicted molar refractivity (Wildman–Crippen MR) is 242 cm³/mol. The Morgan fingerprint density at radius 1 is 0.550 bits per heavy atom. The molecule has 12 nitrogen and oxygen atoms in total. The molecule has 10 rings (SSSR count). The third kappa shape index (κ3) is 8.24. The monoisotopic (exact) mass is 828 g/mol. The molecule has 10 heterocycles. The van der Waals surface area contributed by atoms with Gasteiger partial charge in [0, 0.05) is 89.2 Å². The van der Waals surface area contributed by atoms with Gasteiger partial charge in [-0.3, -0.25) is 28.6 Å². The predicted octanol–water partition coefficient (Wildman–Crippen LogP) is 7.22. The van der Waals surface area contributed by atoms with Crippen LogP contribution in [0.1, 0.15) is 77.5 Å². The number of hydrogen-bond donors (Lipinski definition) is 0. The molecule has 6 aromatic heterocycles. The van der Waals surface area contributed by atoms with Crippen molar-refractivity contribution in [1.82, 2.24) is 48.3 Å². The number of rotatable bonds is 8. The molecule has 13 heteroatoms. The third-order valence-electron chi connectivity index (χ3n) is 13.5. The van der Waals surface area contributed by atoms with E-state index >= 15 is 0 Å². The first-order valence-corrected chi connectivity index (χ1v) is 22.4. The lowest BCUT2D eigenvalue weighted by Crippen LogP contribution is -2.45. The summed E-state index contributed by atoms with van der Waals surface area (Å²) in [5.74, 6) is 2.53. The van der Waals surface area contributed by atoms with Crippen LogP contribution in [-0.4, -0.2) is 128 Å². The van der Waals surface area contributed by atoms with E-state index in [1.807, 2.05) is 30.6 Å². The molecule has 0 aliphatic carbocycles. The van der Waals surface area contributed by atoms with Crippen LogP contribution in [-0.2, 0) is 13.1 Å². The highest BCUT2D eigenvalue weighted by Crippen LogP contribution is 2.37. The van der Waals surface area contributed by atoms with Gasteiger partial charge in [-0.1, -0.05) is 29.8 Å². The van der Waals surface area contributed by atoms with E-state index < -0.39 is 0 Å². The van der Waals surface area contributed by atoms with Crippen LogP contribution in [0, 0.1) is 20.8 Å². The quantitative estimate of drug-likeness (QED) is 0.157. The maximum atomic E-state index is 6.47. The molecule has 0 aromatic carbocycles. The minimum absolute atomic E-state index is 0.264. The molecular weight excluding hydrogens is 768 g/mol. The van der Waals surface area contributed by atoms with E-state index in [2.05, 4.69) is 121 Å². The average molecular weight is 830 g/mol. The molecule has 4 aliphatic heterocycles. The van der Waals surface area contributed by atoms with Gasteiger partial charge in [-0.25, -0.2) is 9.97 Å². The lowest BCUT2D eigenvalue weighted by molar-refractivity contribution is 0.240. The number of imidazole rings is 2. The Morgan fingerprint density at radius 3 is 1.50 bits per heavy atom. The van der Waals surface area contributed by atoms with Crippen LogP contribution in [0.4, 0.5) is 11.6 Å². The van der Waals surface area contributed by atoms with Gasteiger partial charge in [0.1, 0.15) is 22.9 Å². The van der Waals surface area contributed by atoms with Gasteiger partial charge in [0.2, 0.25) is 0 Å². The van der Waals surface area contributed by atoms with Crippen molar-refractivity contribution in [3.8, 4) is 0 Å². The van der Waals surface area contributed by atoms with Crippen molar-refractivity contribution >= 4 is 34.5 Å². The lowest BCUT2D eigenvalue weighted by Gasteiger charge is -2.34. The zero-order valence-corrected chi connectivity index (χ0v) is 36.9. The smallest absolute Gasteiger partial charge is 0.138 e. The first-order chi connectivity index (χ1) is 29.2. The topological polar surface area (TPSA) is 79.8 Å². The number of aryl methyl sites for hydroxylation is 3.